The molecule has 1 rings (SSSR count). The van der Waals surface area contributed by atoms with Crippen molar-refractivity contribution < 1.29 is 0 Å². The molecular weight excluding hydrogens is 170 g/mol. The number of hydrogen-bond acceptors (Lipinski definition) is 5. The van der Waals surface area contributed by atoms with Gasteiger partial charge in [0.05, 0.1) is 0 Å². The molecule has 1 heterocycles. The van der Waals surface area contributed by atoms with Crippen LogP contribution in [0, 0.1) is 0 Å². The Labute approximate surface area is 74.9 Å². The fourth-order valence-corrected chi connectivity index (χ4v) is 0.924. The van der Waals surface area contributed by atoms with Crippen LogP contribution in [0.4, 0.5) is 17.5 Å². The van der Waals surface area contributed by atoms with Gasteiger partial charge in [0.2, 0.25) is 5.95 Å². The van der Waals surface area contributed by atoms with E-state index in [1.165, 1.54) is 6.20 Å². The molecule has 70 valence electrons. The van der Waals surface area contributed by atoms with E-state index in [1.807, 2.05) is 0 Å². The van der Waals surface area contributed by atoms with Crippen molar-refractivity contribution in [2.24, 2.45) is 0 Å². The van der Waals surface area contributed by atoms with Crippen molar-refractivity contribution in [2.45, 2.75) is 0 Å². The molecule has 5 N–H and O–H groups in total. The number of aromatic nitrogens is 2. The Morgan fingerprint density at radius 2 is 2.38 bits per heavy atom. The highest BCUT2D eigenvalue weighted by Gasteiger charge is 2.06. The molecule has 0 aliphatic rings. The van der Waals surface area contributed by atoms with E-state index in [0.29, 0.717) is 11.5 Å². The molecular formula is C7H11N5O. The third-order valence-electron chi connectivity index (χ3n) is 1.43. The first-order valence-corrected chi connectivity index (χ1v) is 3.64. The van der Waals surface area contributed by atoms with Gasteiger partial charge in [-0.25, -0.2) is 0 Å². The van der Waals surface area contributed by atoms with Crippen molar-refractivity contribution >= 4 is 17.5 Å². The summed E-state index contributed by atoms with van der Waals surface area (Å²) in [6, 6.07) is 0. The zero-order valence-corrected chi connectivity index (χ0v) is 7.22. The minimum absolute atomic E-state index is 0.0633. The van der Waals surface area contributed by atoms with Crippen LogP contribution in [-0.2, 0) is 0 Å². The topological polar surface area (TPSA) is 95.8 Å². The summed E-state index contributed by atoms with van der Waals surface area (Å²) in [5, 5.41) is 5.40. The minimum Gasteiger partial charge on any atom is -0.381 e. The number of nitrogen functional groups attached to an aromatic ring is 1. The van der Waals surface area contributed by atoms with Crippen molar-refractivity contribution in [1.29, 1.82) is 0 Å². The maximum absolute atomic E-state index is 11.3. The third kappa shape index (κ3) is 1.78. The Balaban J connectivity index is 3.29. The van der Waals surface area contributed by atoms with E-state index in [-0.39, 0.29) is 11.5 Å². The van der Waals surface area contributed by atoms with E-state index < -0.39 is 0 Å². The molecule has 0 bridgehead atoms. The van der Waals surface area contributed by atoms with Crippen LogP contribution in [0.5, 0.6) is 0 Å². The molecule has 1 aromatic heterocycles. The van der Waals surface area contributed by atoms with Crippen LogP contribution in [0.15, 0.2) is 17.6 Å². The maximum atomic E-state index is 11.3. The van der Waals surface area contributed by atoms with Gasteiger partial charge < -0.3 is 16.4 Å². The number of nitrogens with one attached hydrogen (secondary N) is 3. The molecule has 6 nitrogen and oxygen atoms in total. The first-order valence-electron chi connectivity index (χ1n) is 3.64. The fraction of sp³-hybridized carbons (Fsp3) is 0.143. The van der Waals surface area contributed by atoms with Crippen LogP contribution in [0.3, 0.4) is 0 Å². The predicted molar refractivity (Wildman–Crippen MR) is 52.6 cm³/mol. The molecule has 0 atom stereocenters. The van der Waals surface area contributed by atoms with Gasteiger partial charge >= 0.3 is 0 Å². The second kappa shape index (κ2) is 3.61. The van der Waals surface area contributed by atoms with Crippen molar-refractivity contribution in [3.8, 4) is 0 Å². The highest BCUT2D eigenvalue weighted by atomic mass is 16.1. The SMILES string of the molecule is C=CNc1nc(N)[nH]c(=O)c1NC. The fourth-order valence-electron chi connectivity index (χ4n) is 0.924. The summed E-state index contributed by atoms with van der Waals surface area (Å²) in [6.45, 7) is 3.46. The standard InChI is InChI=1S/C7H11N5O/c1-3-10-5-4(9-2)6(13)12-7(8)11-5/h3,9H,1H2,2H3,(H4,8,10,11,12,13). The Kier molecular flexibility index (Phi) is 2.53. The smallest absolute Gasteiger partial charge is 0.277 e. The molecule has 0 unspecified atom stereocenters. The molecule has 0 fully saturated rings. The zero-order valence-electron chi connectivity index (χ0n) is 7.22. The lowest BCUT2D eigenvalue weighted by atomic mass is 10.4. The Morgan fingerprint density at radius 3 is 2.92 bits per heavy atom. The lowest BCUT2D eigenvalue weighted by Gasteiger charge is -2.06. The van der Waals surface area contributed by atoms with Gasteiger partial charge in [-0.2, -0.15) is 4.98 Å². The highest BCUT2D eigenvalue weighted by Crippen LogP contribution is 2.12. The minimum atomic E-state index is -0.320. The number of nitrogens with zero attached hydrogens (tertiary/aromatic N) is 1. The predicted octanol–water partition coefficient (Wildman–Crippen LogP) is -0.0508. The van der Waals surface area contributed by atoms with Gasteiger partial charge in [-0.1, -0.05) is 6.58 Å². The molecule has 0 aromatic carbocycles. The molecule has 13 heavy (non-hydrogen) atoms. The van der Waals surface area contributed by atoms with Crippen molar-refractivity contribution in [3.05, 3.63) is 23.1 Å². The molecule has 6 heteroatoms. The first-order chi connectivity index (χ1) is 6.19. The molecule has 1 aromatic rings. The van der Waals surface area contributed by atoms with Crippen LogP contribution >= 0.6 is 0 Å². The van der Waals surface area contributed by atoms with Crippen molar-refractivity contribution in [3.63, 3.8) is 0 Å². The van der Waals surface area contributed by atoms with Gasteiger partial charge in [-0.3, -0.25) is 9.78 Å². The summed E-state index contributed by atoms with van der Waals surface area (Å²) in [6.07, 6.45) is 1.42. The van der Waals surface area contributed by atoms with Gasteiger partial charge in [0, 0.05) is 7.05 Å². The summed E-state index contributed by atoms with van der Waals surface area (Å²) in [5.41, 5.74) is 5.35. The Morgan fingerprint density at radius 1 is 1.69 bits per heavy atom. The average molecular weight is 181 g/mol. The van der Waals surface area contributed by atoms with E-state index in [0.717, 1.165) is 0 Å². The molecule has 0 amide bonds. The van der Waals surface area contributed by atoms with Crippen molar-refractivity contribution in [1.82, 2.24) is 9.97 Å². The lowest BCUT2D eigenvalue weighted by molar-refractivity contribution is 1.13. The lowest BCUT2D eigenvalue weighted by Crippen LogP contribution is -2.17. The Bertz CT molecular complexity index is 370. The van der Waals surface area contributed by atoms with Gasteiger partial charge in [0.15, 0.2) is 5.82 Å². The van der Waals surface area contributed by atoms with Gasteiger partial charge in [0.25, 0.3) is 5.56 Å². The van der Waals surface area contributed by atoms with E-state index in [2.05, 4.69) is 27.2 Å². The average Bonchev–Trinajstić information content (AvgIpc) is 2.04. The van der Waals surface area contributed by atoms with Crippen molar-refractivity contribution in [2.75, 3.05) is 23.4 Å². The van der Waals surface area contributed by atoms with Crippen LogP contribution < -0.4 is 21.9 Å². The van der Waals surface area contributed by atoms with Gasteiger partial charge in [-0.05, 0) is 6.20 Å². The molecule has 0 radical (unpaired) electrons. The monoisotopic (exact) mass is 181 g/mol. The summed E-state index contributed by atoms with van der Waals surface area (Å²) >= 11 is 0. The molecule has 0 aliphatic carbocycles. The summed E-state index contributed by atoms with van der Waals surface area (Å²) in [5.74, 6) is 0.423. The second-order valence-corrected chi connectivity index (χ2v) is 2.27. The number of aromatic amines is 1. The third-order valence-corrected chi connectivity index (χ3v) is 1.43. The van der Waals surface area contributed by atoms with Crippen LogP contribution in [-0.4, -0.2) is 17.0 Å². The normalized spacial score (nSPS) is 9.31. The number of rotatable bonds is 3. The Hall–Kier alpha value is -1.98. The van der Waals surface area contributed by atoms with Crippen LogP contribution in [0.1, 0.15) is 0 Å². The van der Waals surface area contributed by atoms with Crippen LogP contribution in [0.25, 0.3) is 0 Å². The molecule has 0 aliphatic heterocycles. The highest BCUT2D eigenvalue weighted by molar-refractivity contribution is 5.64. The maximum Gasteiger partial charge on any atom is 0.277 e. The molecule has 0 spiro atoms. The largest absolute Gasteiger partial charge is 0.381 e. The van der Waals surface area contributed by atoms with E-state index in [9.17, 15) is 4.79 Å². The molecule has 0 saturated heterocycles. The number of nitrogens with two attached hydrogens (primary N) is 1. The summed E-state index contributed by atoms with van der Waals surface area (Å²) < 4.78 is 0. The van der Waals surface area contributed by atoms with Gasteiger partial charge in [0.1, 0.15) is 5.69 Å². The van der Waals surface area contributed by atoms with E-state index >= 15 is 0 Å². The number of hydrogen-bond donors (Lipinski definition) is 4. The summed E-state index contributed by atoms with van der Waals surface area (Å²) in [4.78, 5) is 17.5. The number of H-pyrrole nitrogens is 1. The van der Waals surface area contributed by atoms with Gasteiger partial charge in [-0.15, -0.1) is 0 Å². The first kappa shape index (κ1) is 9.11. The van der Waals surface area contributed by atoms with Crippen LogP contribution in [0.2, 0.25) is 0 Å². The number of anilines is 3. The quantitative estimate of drug-likeness (QED) is 0.524. The summed E-state index contributed by atoms with van der Waals surface area (Å²) in [7, 11) is 1.62. The van der Waals surface area contributed by atoms with E-state index in [4.69, 9.17) is 5.73 Å². The zero-order chi connectivity index (χ0) is 9.84. The van der Waals surface area contributed by atoms with E-state index in [1.54, 1.807) is 7.05 Å². The second-order valence-electron chi connectivity index (χ2n) is 2.27. The molecule has 0 saturated carbocycles.